The van der Waals surface area contributed by atoms with Crippen molar-refractivity contribution >= 4 is 21.6 Å². The van der Waals surface area contributed by atoms with E-state index in [0.717, 1.165) is 0 Å². The smallest absolute Gasteiger partial charge is 0.189 e. The maximum absolute atomic E-state index is 14.0. The monoisotopic (exact) mass is 333 g/mol. The number of tetrazole rings is 1. The Balaban J connectivity index is 2.24. The van der Waals surface area contributed by atoms with Crippen molar-refractivity contribution in [2.24, 2.45) is 0 Å². The summed E-state index contributed by atoms with van der Waals surface area (Å²) in [5.74, 6) is -0.0451. The molecule has 20 heavy (non-hydrogen) atoms. The highest BCUT2D eigenvalue weighted by Gasteiger charge is 2.17. The van der Waals surface area contributed by atoms with E-state index in [1.54, 1.807) is 24.3 Å². The number of benzene rings is 2. The highest BCUT2D eigenvalue weighted by atomic mass is 79.9. The molecule has 0 saturated carbocycles. The van der Waals surface area contributed by atoms with E-state index in [0.29, 0.717) is 21.5 Å². The first-order valence-corrected chi connectivity index (χ1v) is 6.55. The van der Waals surface area contributed by atoms with Gasteiger partial charge >= 0.3 is 0 Å². The average molecular weight is 334 g/mol. The summed E-state index contributed by atoms with van der Waals surface area (Å²) in [5.41, 5.74) is 7.34. The molecule has 0 aliphatic rings. The molecule has 7 heteroatoms. The Hall–Kier alpha value is -2.28. The molecule has 1 heterocycles. The molecule has 0 radical (unpaired) electrons. The Morgan fingerprint density at radius 1 is 1.10 bits per heavy atom. The van der Waals surface area contributed by atoms with Gasteiger partial charge in [-0.1, -0.05) is 18.2 Å². The number of rotatable bonds is 2. The van der Waals surface area contributed by atoms with Crippen LogP contribution in [0.3, 0.4) is 0 Å². The molecule has 0 aliphatic heterocycles. The zero-order chi connectivity index (χ0) is 14.1. The molecule has 0 unspecified atom stereocenters. The molecule has 0 fully saturated rings. The van der Waals surface area contributed by atoms with Gasteiger partial charge in [0.25, 0.3) is 0 Å². The Morgan fingerprint density at radius 2 is 1.90 bits per heavy atom. The lowest BCUT2D eigenvalue weighted by Gasteiger charge is -2.09. The van der Waals surface area contributed by atoms with Crippen LogP contribution in [0.2, 0.25) is 0 Å². The third-order valence-electron chi connectivity index (χ3n) is 2.82. The van der Waals surface area contributed by atoms with E-state index in [9.17, 15) is 4.39 Å². The number of para-hydroxylation sites is 2. The number of halogens is 2. The zero-order valence-corrected chi connectivity index (χ0v) is 11.7. The first kappa shape index (κ1) is 12.7. The predicted molar refractivity (Wildman–Crippen MR) is 76.7 cm³/mol. The fraction of sp³-hybridized carbons (Fsp3) is 0. The molecule has 0 atom stereocenters. The Kier molecular flexibility index (Phi) is 3.19. The molecular weight excluding hydrogens is 325 g/mol. The normalized spacial score (nSPS) is 10.7. The average Bonchev–Trinajstić information content (AvgIpc) is 2.88. The molecule has 0 aliphatic carbocycles. The SMILES string of the molecule is Nc1ccccc1-c1nnnn1-c1c(F)cccc1Br. The van der Waals surface area contributed by atoms with E-state index in [1.165, 1.54) is 10.7 Å². The van der Waals surface area contributed by atoms with Gasteiger partial charge in [0.05, 0.1) is 0 Å². The maximum atomic E-state index is 14.0. The van der Waals surface area contributed by atoms with Gasteiger partial charge in [-0.25, -0.2) is 4.39 Å². The fourth-order valence-electron chi connectivity index (χ4n) is 1.90. The molecule has 0 saturated heterocycles. The molecule has 100 valence electrons. The lowest BCUT2D eigenvalue weighted by molar-refractivity contribution is 0.606. The van der Waals surface area contributed by atoms with Crippen LogP contribution in [0.1, 0.15) is 0 Å². The summed E-state index contributed by atoms with van der Waals surface area (Å²) in [6, 6.07) is 11.8. The Morgan fingerprint density at radius 3 is 2.65 bits per heavy atom. The van der Waals surface area contributed by atoms with Crippen molar-refractivity contribution in [1.82, 2.24) is 20.2 Å². The van der Waals surface area contributed by atoms with Crippen LogP contribution in [0.4, 0.5) is 10.1 Å². The van der Waals surface area contributed by atoms with E-state index in [2.05, 4.69) is 31.5 Å². The number of aromatic nitrogens is 4. The van der Waals surface area contributed by atoms with Gasteiger partial charge in [0.15, 0.2) is 5.82 Å². The van der Waals surface area contributed by atoms with Crippen molar-refractivity contribution in [1.29, 1.82) is 0 Å². The summed E-state index contributed by atoms with van der Waals surface area (Å²) in [4.78, 5) is 0. The molecule has 0 amide bonds. The van der Waals surface area contributed by atoms with Gasteiger partial charge in [0, 0.05) is 15.7 Å². The maximum Gasteiger partial charge on any atom is 0.189 e. The Bertz CT molecular complexity index is 751. The number of anilines is 1. The molecule has 3 aromatic rings. The van der Waals surface area contributed by atoms with Crippen molar-refractivity contribution in [2.45, 2.75) is 0 Å². The molecule has 0 bridgehead atoms. The van der Waals surface area contributed by atoms with Crippen LogP contribution in [0, 0.1) is 5.82 Å². The van der Waals surface area contributed by atoms with Crippen LogP contribution in [-0.4, -0.2) is 20.2 Å². The van der Waals surface area contributed by atoms with Crippen LogP contribution in [0.5, 0.6) is 0 Å². The summed E-state index contributed by atoms with van der Waals surface area (Å²) < 4.78 is 15.9. The largest absolute Gasteiger partial charge is 0.398 e. The first-order valence-electron chi connectivity index (χ1n) is 5.76. The van der Waals surface area contributed by atoms with Crippen molar-refractivity contribution in [3.63, 3.8) is 0 Å². The standard InChI is InChI=1S/C13H9BrFN5/c14-9-5-3-6-10(15)12(9)20-13(17-18-19-20)8-4-1-2-7-11(8)16/h1-7H,16H2. The highest BCUT2D eigenvalue weighted by molar-refractivity contribution is 9.10. The van der Waals surface area contributed by atoms with Crippen molar-refractivity contribution in [3.05, 3.63) is 52.8 Å². The van der Waals surface area contributed by atoms with Crippen LogP contribution in [-0.2, 0) is 0 Å². The first-order chi connectivity index (χ1) is 9.68. The van der Waals surface area contributed by atoms with Crippen LogP contribution in [0.25, 0.3) is 17.1 Å². The second kappa shape index (κ2) is 5.01. The van der Waals surface area contributed by atoms with Gasteiger partial charge < -0.3 is 5.73 Å². The summed E-state index contributed by atoms with van der Waals surface area (Å²) in [6.07, 6.45) is 0. The van der Waals surface area contributed by atoms with Crippen molar-refractivity contribution in [3.8, 4) is 17.1 Å². The van der Waals surface area contributed by atoms with E-state index < -0.39 is 5.82 Å². The van der Waals surface area contributed by atoms with Crippen LogP contribution < -0.4 is 5.73 Å². The third-order valence-corrected chi connectivity index (χ3v) is 3.46. The minimum atomic E-state index is -0.428. The van der Waals surface area contributed by atoms with E-state index in [4.69, 9.17) is 5.73 Å². The lowest BCUT2D eigenvalue weighted by atomic mass is 10.1. The molecule has 2 N–H and O–H groups in total. The molecule has 5 nitrogen and oxygen atoms in total. The summed E-state index contributed by atoms with van der Waals surface area (Å²) in [6.45, 7) is 0. The number of nitrogens with two attached hydrogens (primary N) is 1. The predicted octanol–water partition coefficient (Wildman–Crippen LogP) is 2.81. The second-order valence-electron chi connectivity index (χ2n) is 4.07. The van der Waals surface area contributed by atoms with Gasteiger partial charge in [-0.3, -0.25) is 0 Å². The number of nitrogens with zero attached hydrogens (tertiary/aromatic N) is 4. The molecular formula is C13H9BrFN5. The fourth-order valence-corrected chi connectivity index (χ4v) is 2.41. The molecule has 2 aromatic carbocycles. The molecule has 3 rings (SSSR count). The van der Waals surface area contributed by atoms with E-state index in [-0.39, 0.29) is 5.69 Å². The lowest BCUT2D eigenvalue weighted by Crippen LogP contribution is -2.04. The third kappa shape index (κ3) is 2.05. The van der Waals surface area contributed by atoms with Gasteiger partial charge in [0.2, 0.25) is 0 Å². The second-order valence-corrected chi connectivity index (χ2v) is 4.93. The van der Waals surface area contributed by atoms with Gasteiger partial charge in [-0.15, -0.1) is 5.10 Å². The van der Waals surface area contributed by atoms with Gasteiger partial charge in [0.1, 0.15) is 11.5 Å². The molecule has 1 aromatic heterocycles. The quantitative estimate of drug-likeness (QED) is 0.732. The minimum absolute atomic E-state index is 0.246. The number of nitrogen functional groups attached to an aromatic ring is 1. The van der Waals surface area contributed by atoms with Crippen LogP contribution >= 0.6 is 15.9 Å². The van der Waals surface area contributed by atoms with Crippen molar-refractivity contribution in [2.75, 3.05) is 5.73 Å². The summed E-state index contributed by atoms with van der Waals surface area (Å²) in [7, 11) is 0. The number of hydrogen-bond donors (Lipinski definition) is 1. The zero-order valence-electron chi connectivity index (χ0n) is 10.2. The topological polar surface area (TPSA) is 69.6 Å². The molecule has 0 spiro atoms. The highest BCUT2D eigenvalue weighted by Crippen LogP contribution is 2.29. The summed E-state index contributed by atoms with van der Waals surface area (Å²) >= 11 is 3.31. The van der Waals surface area contributed by atoms with Gasteiger partial charge in [-0.05, 0) is 50.6 Å². The minimum Gasteiger partial charge on any atom is -0.398 e. The van der Waals surface area contributed by atoms with Gasteiger partial charge in [-0.2, -0.15) is 4.68 Å². The summed E-state index contributed by atoms with van der Waals surface area (Å²) in [5, 5.41) is 11.4. The van der Waals surface area contributed by atoms with Crippen LogP contribution in [0.15, 0.2) is 46.9 Å². The van der Waals surface area contributed by atoms with E-state index >= 15 is 0 Å². The van der Waals surface area contributed by atoms with E-state index in [1.807, 2.05) is 12.1 Å². The Labute approximate surface area is 122 Å². The number of hydrogen-bond acceptors (Lipinski definition) is 4. The van der Waals surface area contributed by atoms with Crippen molar-refractivity contribution < 1.29 is 4.39 Å².